The zero-order valence-corrected chi connectivity index (χ0v) is 22.9. The van der Waals surface area contributed by atoms with Crippen LogP contribution in [0.3, 0.4) is 0 Å². The standard InChI is InChI=1S/C29H34BrNO2Si/c1-29(2,3)34(26-10-6-4-7-11-26,27-12-8-5-9-13-27)33-22-23-16-18-31(19-17-23)28-20-25(30)15-14-24(28)21-32/h4-15,20-21,23H,16-19,22H2,1-3H3. The molecule has 3 aromatic carbocycles. The predicted octanol–water partition coefficient (Wildman–Crippen LogP) is 6.05. The highest BCUT2D eigenvalue weighted by Gasteiger charge is 2.50. The molecule has 5 heteroatoms. The van der Waals surface area contributed by atoms with Gasteiger partial charge in [0.05, 0.1) is 0 Å². The third-order valence-electron chi connectivity index (χ3n) is 7.03. The van der Waals surface area contributed by atoms with E-state index < -0.39 is 8.32 Å². The summed E-state index contributed by atoms with van der Waals surface area (Å²) in [5, 5.41) is 2.65. The maximum atomic E-state index is 11.6. The summed E-state index contributed by atoms with van der Waals surface area (Å²) in [4.78, 5) is 13.9. The SMILES string of the molecule is CC(C)(C)[Si](OCC1CCN(c2cc(Br)ccc2C=O)CC1)(c1ccccc1)c1ccccc1. The minimum atomic E-state index is -2.50. The number of benzene rings is 3. The van der Waals surface area contributed by atoms with Gasteiger partial charge in [0.25, 0.3) is 8.32 Å². The third-order valence-corrected chi connectivity index (χ3v) is 12.5. The Morgan fingerprint density at radius 3 is 2.00 bits per heavy atom. The van der Waals surface area contributed by atoms with Gasteiger partial charge in [0.2, 0.25) is 0 Å². The fourth-order valence-electron chi connectivity index (χ4n) is 5.24. The van der Waals surface area contributed by atoms with Crippen LogP contribution in [0.25, 0.3) is 0 Å². The monoisotopic (exact) mass is 535 g/mol. The molecule has 178 valence electrons. The maximum absolute atomic E-state index is 11.6. The van der Waals surface area contributed by atoms with Crippen molar-refractivity contribution in [3.63, 3.8) is 0 Å². The highest BCUT2D eigenvalue weighted by Crippen LogP contribution is 2.38. The van der Waals surface area contributed by atoms with Crippen molar-refractivity contribution in [1.29, 1.82) is 0 Å². The van der Waals surface area contributed by atoms with Crippen LogP contribution in [0.5, 0.6) is 0 Å². The molecule has 0 atom stereocenters. The van der Waals surface area contributed by atoms with Crippen LogP contribution in [0.2, 0.25) is 5.04 Å². The minimum absolute atomic E-state index is 0.00835. The average molecular weight is 537 g/mol. The zero-order chi connectivity index (χ0) is 24.2. The van der Waals surface area contributed by atoms with Crippen molar-refractivity contribution in [3.8, 4) is 0 Å². The molecular formula is C29H34BrNO2Si. The molecule has 0 unspecified atom stereocenters. The van der Waals surface area contributed by atoms with Crippen LogP contribution in [-0.2, 0) is 4.43 Å². The first-order valence-electron chi connectivity index (χ1n) is 12.1. The molecule has 0 aromatic heterocycles. The molecule has 0 N–H and O–H groups in total. The van der Waals surface area contributed by atoms with Crippen LogP contribution in [0.4, 0.5) is 5.69 Å². The summed E-state index contributed by atoms with van der Waals surface area (Å²) in [6.07, 6.45) is 3.08. The Labute approximate surface area is 213 Å². The molecule has 3 aromatic rings. The van der Waals surface area contributed by atoms with Crippen molar-refractivity contribution in [2.45, 2.75) is 38.7 Å². The minimum Gasteiger partial charge on any atom is -0.407 e. The lowest BCUT2D eigenvalue weighted by Gasteiger charge is -2.44. The summed E-state index contributed by atoms with van der Waals surface area (Å²) in [6, 6.07) is 27.6. The van der Waals surface area contributed by atoms with E-state index in [1.54, 1.807) is 0 Å². The average Bonchev–Trinajstić information content (AvgIpc) is 2.85. The van der Waals surface area contributed by atoms with Crippen molar-refractivity contribution >= 4 is 46.6 Å². The van der Waals surface area contributed by atoms with Crippen molar-refractivity contribution < 1.29 is 9.22 Å². The van der Waals surface area contributed by atoms with Gasteiger partial charge in [-0.15, -0.1) is 0 Å². The number of halogens is 1. The van der Waals surface area contributed by atoms with E-state index in [0.29, 0.717) is 5.92 Å². The first-order chi connectivity index (χ1) is 16.3. The molecule has 1 aliphatic rings. The Hall–Kier alpha value is -2.21. The van der Waals surface area contributed by atoms with E-state index in [2.05, 4.69) is 108 Å². The van der Waals surface area contributed by atoms with Gasteiger partial charge in [-0.1, -0.05) is 97.4 Å². The number of aldehydes is 1. The number of carbonyl (C=O) groups is 1. The Morgan fingerprint density at radius 1 is 0.941 bits per heavy atom. The van der Waals surface area contributed by atoms with Crippen LogP contribution in [0.15, 0.2) is 83.3 Å². The van der Waals surface area contributed by atoms with E-state index in [-0.39, 0.29) is 5.04 Å². The predicted molar refractivity (Wildman–Crippen MR) is 148 cm³/mol. The molecule has 0 aliphatic carbocycles. The number of rotatable bonds is 7. The smallest absolute Gasteiger partial charge is 0.261 e. The number of piperidine rings is 1. The summed E-state index contributed by atoms with van der Waals surface area (Å²) in [5.74, 6) is 0.504. The van der Waals surface area contributed by atoms with Crippen molar-refractivity contribution in [3.05, 3.63) is 88.9 Å². The molecule has 1 saturated heterocycles. The van der Waals surface area contributed by atoms with Gasteiger partial charge < -0.3 is 9.33 Å². The van der Waals surface area contributed by atoms with Crippen LogP contribution in [0.1, 0.15) is 44.0 Å². The van der Waals surface area contributed by atoms with E-state index in [0.717, 1.165) is 54.5 Å². The molecule has 3 nitrogen and oxygen atoms in total. The number of hydrogen-bond acceptors (Lipinski definition) is 3. The van der Waals surface area contributed by atoms with Crippen LogP contribution >= 0.6 is 15.9 Å². The highest BCUT2D eigenvalue weighted by molar-refractivity contribution is 9.10. The summed E-state index contributed by atoms with van der Waals surface area (Å²) in [5.41, 5.74) is 1.78. The molecule has 0 spiro atoms. The first kappa shape index (κ1) is 24.9. The lowest BCUT2D eigenvalue weighted by molar-refractivity contribution is 0.112. The second-order valence-corrected chi connectivity index (χ2v) is 15.4. The topological polar surface area (TPSA) is 29.5 Å². The van der Waals surface area contributed by atoms with Gasteiger partial charge in [0.15, 0.2) is 6.29 Å². The van der Waals surface area contributed by atoms with Gasteiger partial charge >= 0.3 is 0 Å². The first-order valence-corrected chi connectivity index (χ1v) is 14.8. The van der Waals surface area contributed by atoms with E-state index in [1.807, 2.05) is 12.1 Å². The quantitative estimate of drug-likeness (QED) is 0.272. The van der Waals surface area contributed by atoms with Gasteiger partial charge in [-0.05, 0) is 52.4 Å². The fourth-order valence-corrected chi connectivity index (χ4v) is 10.2. The van der Waals surface area contributed by atoms with Gasteiger partial charge in [0.1, 0.15) is 0 Å². The van der Waals surface area contributed by atoms with E-state index in [9.17, 15) is 4.79 Å². The van der Waals surface area contributed by atoms with E-state index >= 15 is 0 Å². The molecule has 1 aliphatic heterocycles. The van der Waals surface area contributed by atoms with E-state index in [1.165, 1.54) is 10.4 Å². The van der Waals surface area contributed by atoms with Crippen molar-refractivity contribution in [2.75, 3.05) is 24.6 Å². The third kappa shape index (κ3) is 5.07. The summed E-state index contributed by atoms with van der Waals surface area (Å²) in [6.45, 7) is 9.63. The Kier molecular flexibility index (Phi) is 7.76. The highest BCUT2D eigenvalue weighted by atomic mass is 79.9. The fraction of sp³-hybridized carbons (Fsp3) is 0.345. The van der Waals surface area contributed by atoms with Crippen LogP contribution < -0.4 is 15.3 Å². The lowest BCUT2D eigenvalue weighted by Crippen LogP contribution is -2.67. The Bertz CT molecular complexity index is 1050. The van der Waals surface area contributed by atoms with Crippen molar-refractivity contribution in [1.82, 2.24) is 0 Å². The number of nitrogens with zero attached hydrogens (tertiary/aromatic N) is 1. The normalized spacial score (nSPS) is 15.4. The van der Waals surface area contributed by atoms with E-state index in [4.69, 9.17) is 4.43 Å². The number of carbonyl (C=O) groups excluding carboxylic acids is 1. The van der Waals surface area contributed by atoms with Crippen LogP contribution in [-0.4, -0.2) is 34.3 Å². The molecule has 1 fully saturated rings. The summed E-state index contributed by atoms with van der Waals surface area (Å²) < 4.78 is 8.17. The molecule has 0 radical (unpaired) electrons. The largest absolute Gasteiger partial charge is 0.407 e. The van der Waals surface area contributed by atoms with Gasteiger partial charge in [-0.25, -0.2) is 0 Å². The molecule has 4 rings (SSSR count). The summed E-state index contributed by atoms with van der Waals surface area (Å²) >= 11 is 3.56. The molecule has 0 bridgehead atoms. The Morgan fingerprint density at radius 2 is 1.50 bits per heavy atom. The summed E-state index contributed by atoms with van der Waals surface area (Å²) in [7, 11) is -2.50. The lowest BCUT2D eigenvalue weighted by atomic mass is 9.97. The van der Waals surface area contributed by atoms with Crippen LogP contribution in [0, 0.1) is 5.92 Å². The molecule has 0 saturated carbocycles. The van der Waals surface area contributed by atoms with Gasteiger partial charge in [-0.3, -0.25) is 4.79 Å². The molecule has 0 amide bonds. The Balaban J connectivity index is 1.55. The molecule has 34 heavy (non-hydrogen) atoms. The number of hydrogen-bond donors (Lipinski definition) is 0. The van der Waals surface area contributed by atoms with Crippen molar-refractivity contribution in [2.24, 2.45) is 5.92 Å². The second-order valence-electron chi connectivity index (χ2n) is 10.2. The van der Waals surface area contributed by atoms with Gasteiger partial charge in [-0.2, -0.15) is 0 Å². The van der Waals surface area contributed by atoms with Gasteiger partial charge in [0, 0.05) is 35.4 Å². The second kappa shape index (κ2) is 10.6. The maximum Gasteiger partial charge on any atom is 0.261 e. The molecular weight excluding hydrogens is 502 g/mol. The zero-order valence-electron chi connectivity index (χ0n) is 20.3. The number of anilines is 1. The molecule has 1 heterocycles.